The van der Waals surface area contributed by atoms with Crippen molar-refractivity contribution in [3.05, 3.63) is 64.3 Å². The van der Waals surface area contributed by atoms with E-state index in [2.05, 4.69) is 6.67 Å². The molecule has 0 saturated carbocycles. The minimum atomic E-state index is -1.18. The van der Waals surface area contributed by atoms with Gasteiger partial charge in [-0.2, -0.15) is 0 Å². The summed E-state index contributed by atoms with van der Waals surface area (Å²) in [6.45, 7) is 18.5. The number of hydrogen-bond donors (Lipinski definition) is 0. The zero-order chi connectivity index (χ0) is 21.0. The monoisotopic (exact) mass is 376 g/mol. The summed E-state index contributed by atoms with van der Waals surface area (Å²) in [5.74, 6) is -0.516. The van der Waals surface area contributed by atoms with Crippen LogP contribution in [0.3, 0.4) is 0 Å². The number of aryl methyl sites for hydroxylation is 6. The van der Waals surface area contributed by atoms with E-state index in [1.54, 1.807) is 13.8 Å². The van der Waals surface area contributed by atoms with Crippen molar-refractivity contribution >= 4 is 23.2 Å². The van der Waals surface area contributed by atoms with E-state index in [1.165, 1.54) is 9.80 Å². The van der Waals surface area contributed by atoms with Gasteiger partial charge in [0.25, 0.3) is 0 Å². The summed E-state index contributed by atoms with van der Waals surface area (Å²) in [5, 5.41) is 0. The SMILES string of the molecule is Cc1cc(C)c(N2[C]N(c3c(C)cc(C)cc3C)C(=O)C(C)(C)C2=O)c(C)c1. The third-order valence-electron chi connectivity index (χ3n) is 5.39. The topological polar surface area (TPSA) is 40.6 Å². The minimum Gasteiger partial charge on any atom is -0.278 e. The fraction of sp³-hybridized carbons (Fsp3) is 0.375. The molecule has 0 unspecified atom stereocenters. The highest BCUT2D eigenvalue weighted by atomic mass is 16.2. The lowest BCUT2D eigenvalue weighted by Gasteiger charge is -2.43. The summed E-state index contributed by atoms with van der Waals surface area (Å²) in [5.41, 5.74) is 6.63. The molecule has 0 spiro atoms. The Labute approximate surface area is 168 Å². The summed E-state index contributed by atoms with van der Waals surface area (Å²) in [6, 6.07) is 8.20. The molecule has 4 nitrogen and oxygen atoms in total. The van der Waals surface area contributed by atoms with E-state index in [0.717, 1.165) is 44.8 Å². The number of rotatable bonds is 2. The molecule has 1 aliphatic rings. The fourth-order valence-corrected chi connectivity index (χ4v) is 4.19. The Balaban J connectivity index is 2.18. The lowest BCUT2D eigenvalue weighted by molar-refractivity contribution is -0.139. The van der Waals surface area contributed by atoms with E-state index in [4.69, 9.17) is 0 Å². The molecule has 1 aliphatic heterocycles. The number of hydrogen-bond acceptors (Lipinski definition) is 2. The van der Waals surface area contributed by atoms with Crippen molar-refractivity contribution in [3.63, 3.8) is 0 Å². The summed E-state index contributed by atoms with van der Waals surface area (Å²) in [4.78, 5) is 29.6. The number of carbonyl (C=O) groups is 2. The normalized spacial score (nSPS) is 16.7. The van der Waals surface area contributed by atoms with Crippen molar-refractivity contribution < 1.29 is 9.59 Å². The molecule has 1 saturated heterocycles. The first-order valence-corrected chi connectivity index (χ1v) is 9.56. The zero-order valence-corrected chi connectivity index (χ0v) is 18.0. The molecule has 1 fully saturated rings. The maximum atomic E-state index is 13.3. The van der Waals surface area contributed by atoms with Gasteiger partial charge in [-0.1, -0.05) is 35.4 Å². The molecule has 4 heteroatoms. The van der Waals surface area contributed by atoms with E-state index in [9.17, 15) is 9.59 Å². The first kappa shape index (κ1) is 20.1. The Kier molecular flexibility index (Phi) is 4.86. The molecule has 0 atom stereocenters. The predicted molar refractivity (Wildman–Crippen MR) is 113 cm³/mol. The van der Waals surface area contributed by atoms with Crippen LogP contribution in [-0.2, 0) is 9.59 Å². The van der Waals surface area contributed by atoms with Crippen molar-refractivity contribution in [3.8, 4) is 0 Å². The summed E-state index contributed by atoms with van der Waals surface area (Å²) >= 11 is 0. The smallest absolute Gasteiger partial charge is 0.244 e. The Morgan fingerprint density at radius 1 is 0.643 bits per heavy atom. The zero-order valence-electron chi connectivity index (χ0n) is 18.0. The predicted octanol–water partition coefficient (Wildman–Crippen LogP) is 4.94. The van der Waals surface area contributed by atoms with E-state index in [1.807, 2.05) is 65.8 Å². The largest absolute Gasteiger partial charge is 0.278 e. The quantitative estimate of drug-likeness (QED) is 0.697. The number of carbonyl (C=O) groups excluding carboxylic acids is 2. The maximum absolute atomic E-state index is 13.3. The van der Waals surface area contributed by atoms with Gasteiger partial charge in [-0.3, -0.25) is 19.4 Å². The molecule has 0 aromatic heterocycles. The van der Waals surface area contributed by atoms with Crippen LogP contribution in [0.2, 0.25) is 0 Å². The first-order valence-electron chi connectivity index (χ1n) is 9.56. The molecule has 0 N–H and O–H groups in total. The second-order valence-corrected chi connectivity index (χ2v) is 8.50. The van der Waals surface area contributed by atoms with E-state index in [0.29, 0.717) is 0 Å². The van der Waals surface area contributed by atoms with Gasteiger partial charge in [-0.05, 0) is 77.6 Å². The maximum Gasteiger partial charge on any atom is 0.244 e. The van der Waals surface area contributed by atoms with Gasteiger partial charge in [0.05, 0.1) is 11.4 Å². The Morgan fingerprint density at radius 2 is 0.929 bits per heavy atom. The fourth-order valence-electron chi connectivity index (χ4n) is 4.19. The standard InChI is InChI=1S/C24H28N2O2/c1-14-9-16(3)20(17(4)10-14)25-13-26(23(28)24(7,8)22(25)27)21-18(5)11-15(2)12-19(21)6/h9-12H,1-8H3. The average Bonchev–Trinajstić information content (AvgIpc) is 2.55. The van der Waals surface area contributed by atoms with Gasteiger partial charge in [-0.15, -0.1) is 0 Å². The van der Waals surface area contributed by atoms with Crippen molar-refractivity contribution in [1.82, 2.24) is 0 Å². The molecular formula is C24H28N2O2. The number of nitrogens with zero attached hydrogens (tertiary/aromatic N) is 2. The van der Waals surface area contributed by atoms with Crippen LogP contribution in [0.25, 0.3) is 0 Å². The van der Waals surface area contributed by atoms with Gasteiger partial charge in [0, 0.05) is 0 Å². The van der Waals surface area contributed by atoms with Gasteiger partial charge < -0.3 is 0 Å². The number of amides is 2. The molecule has 0 bridgehead atoms. The number of anilines is 2. The lowest BCUT2D eigenvalue weighted by atomic mass is 9.86. The highest BCUT2D eigenvalue weighted by Gasteiger charge is 2.49. The highest BCUT2D eigenvalue weighted by molar-refractivity contribution is 6.21. The molecule has 2 aromatic rings. The van der Waals surface area contributed by atoms with Gasteiger partial charge in [0.1, 0.15) is 5.41 Å². The van der Waals surface area contributed by atoms with Crippen LogP contribution < -0.4 is 9.80 Å². The third kappa shape index (κ3) is 3.11. The lowest BCUT2D eigenvalue weighted by Crippen LogP contribution is -2.59. The van der Waals surface area contributed by atoms with Gasteiger partial charge >= 0.3 is 0 Å². The van der Waals surface area contributed by atoms with Gasteiger partial charge in [0.15, 0.2) is 0 Å². The van der Waals surface area contributed by atoms with Crippen LogP contribution in [-0.4, -0.2) is 11.8 Å². The van der Waals surface area contributed by atoms with Crippen molar-refractivity contribution in [2.24, 2.45) is 5.41 Å². The van der Waals surface area contributed by atoms with Crippen LogP contribution >= 0.6 is 0 Å². The van der Waals surface area contributed by atoms with E-state index in [-0.39, 0.29) is 11.8 Å². The minimum absolute atomic E-state index is 0.258. The van der Waals surface area contributed by atoms with Crippen LogP contribution in [0.1, 0.15) is 47.2 Å². The number of benzene rings is 2. The summed E-state index contributed by atoms with van der Waals surface area (Å²) in [7, 11) is 0. The summed E-state index contributed by atoms with van der Waals surface area (Å²) in [6.07, 6.45) is 0. The third-order valence-corrected chi connectivity index (χ3v) is 5.39. The van der Waals surface area contributed by atoms with Crippen LogP contribution in [0, 0.1) is 53.6 Å². The molecule has 3 rings (SSSR count). The summed E-state index contributed by atoms with van der Waals surface area (Å²) < 4.78 is 0. The molecular weight excluding hydrogens is 348 g/mol. The molecule has 2 radical (unpaired) electrons. The van der Waals surface area contributed by atoms with E-state index < -0.39 is 5.41 Å². The molecule has 0 aliphatic carbocycles. The van der Waals surface area contributed by atoms with Crippen molar-refractivity contribution in [1.29, 1.82) is 0 Å². The second-order valence-electron chi connectivity index (χ2n) is 8.50. The molecule has 146 valence electrons. The Hall–Kier alpha value is -2.62. The van der Waals surface area contributed by atoms with E-state index >= 15 is 0 Å². The second kappa shape index (κ2) is 6.77. The molecule has 2 aromatic carbocycles. The van der Waals surface area contributed by atoms with Crippen molar-refractivity contribution in [2.75, 3.05) is 9.80 Å². The van der Waals surface area contributed by atoms with Crippen LogP contribution in [0.5, 0.6) is 0 Å². The van der Waals surface area contributed by atoms with Crippen molar-refractivity contribution in [2.45, 2.75) is 55.4 Å². The van der Waals surface area contributed by atoms with Gasteiger partial charge in [-0.25, -0.2) is 0 Å². The van der Waals surface area contributed by atoms with Crippen LogP contribution in [0.4, 0.5) is 11.4 Å². The first-order chi connectivity index (χ1) is 12.9. The van der Waals surface area contributed by atoms with Crippen LogP contribution in [0.15, 0.2) is 24.3 Å². The average molecular weight is 377 g/mol. The molecule has 28 heavy (non-hydrogen) atoms. The molecule has 1 heterocycles. The highest BCUT2D eigenvalue weighted by Crippen LogP contribution is 2.40. The van der Waals surface area contributed by atoms with Gasteiger partial charge in [0.2, 0.25) is 18.5 Å². The Bertz CT molecular complexity index is 865. The Morgan fingerprint density at radius 3 is 1.21 bits per heavy atom. The molecule has 2 amide bonds.